The van der Waals surface area contributed by atoms with Crippen molar-refractivity contribution in [3.8, 4) is 5.75 Å². The summed E-state index contributed by atoms with van der Waals surface area (Å²) in [4.78, 5) is 21.7. The van der Waals surface area contributed by atoms with Crippen molar-refractivity contribution in [3.05, 3.63) is 24.3 Å². The van der Waals surface area contributed by atoms with E-state index in [0.29, 0.717) is 4.31 Å². The molecule has 20 heavy (non-hydrogen) atoms. The second kappa shape index (κ2) is 6.10. The second-order valence-electron chi connectivity index (χ2n) is 3.52. The zero-order valence-corrected chi connectivity index (χ0v) is 11.1. The number of nitrogens with one attached hydrogen (secondary N) is 1. The Morgan fingerprint density at radius 2 is 1.85 bits per heavy atom. The van der Waals surface area contributed by atoms with Crippen LogP contribution in [0.15, 0.2) is 24.3 Å². The van der Waals surface area contributed by atoms with Crippen molar-refractivity contribution >= 4 is 28.0 Å². The molecule has 0 bridgehead atoms. The van der Waals surface area contributed by atoms with Gasteiger partial charge in [0.1, 0.15) is 12.3 Å². The first-order chi connectivity index (χ1) is 9.26. The average Bonchev–Trinajstić information content (AvgIpc) is 2.36. The number of aliphatic carboxylic acids is 1. The number of nitrogens with zero attached hydrogens (tertiary/aromatic N) is 1. The van der Waals surface area contributed by atoms with Crippen molar-refractivity contribution in [2.45, 2.75) is 0 Å². The maximum absolute atomic E-state index is 11.9. The van der Waals surface area contributed by atoms with Crippen LogP contribution >= 0.6 is 0 Å². The number of hydrogen-bond acceptors (Lipinski definition) is 6. The second-order valence-corrected chi connectivity index (χ2v) is 5.11. The van der Waals surface area contributed by atoms with Crippen LogP contribution in [0.1, 0.15) is 0 Å². The van der Waals surface area contributed by atoms with Gasteiger partial charge in [-0.25, -0.2) is 13.8 Å². The van der Waals surface area contributed by atoms with Gasteiger partial charge in [-0.05, 0) is 24.3 Å². The van der Waals surface area contributed by atoms with Crippen LogP contribution in [0.5, 0.6) is 5.75 Å². The van der Waals surface area contributed by atoms with Crippen molar-refractivity contribution < 1.29 is 33.0 Å². The molecule has 1 amide bonds. The van der Waals surface area contributed by atoms with Crippen molar-refractivity contribution in [1.29, 1.82) is 0 Å². The molecule has 0 unspecified atom stereocenters. The van der Waals surface area contributed by atoms with Gasteiger partial charge in [-0.3, -0.25) is 4.79 Å². The van der Waals surface area contributed by atoms with E-state index in [0.717, 1.165) is 7.11 Å². The van der Waals surface area contributed by atoms with E-state index in [-0.39, 0.29) is 11.4 Å². The zero-order valence-electron chi connectivity index (χ0n) is 10.3. The Balaban J connectivity index is 3.15. The number of carbonyl (C=O) groups excluding carboxylic acids is 1. The molecule has 0 radical (unpaired) electrons. The number of hydrogen-bond donors (Lipinski definition) is 3. The summed E-state index contributed by atoms with van der Waals surface area (Å²) in [5.74, 6) is -1.55. The molecule has 3 N–H and O–H groups in total. The van der Waals surface area contributed by atoms with Gasteiger partial charge in [0.15, 0.2) is 0 Å². The first-order valence-corrected chi connectivity index (χ1v) is 6.59. The molecule has 9 nitrogen and oxygen atoms in total. The number of ether oxygens (including phenoxy) is 1. The van der Waals surface area contributed by atoms with Crippen LogP contribution in [-0.4, -0.2) is 44.3 Å². The van der Waals surface area contributed by atoms with Gasteiger partial charge in [-0.2, -0.15) is 8.42 Å². The Morgan fingerprint density at radius 3 is 2.30 bits per heavy atom. The lowest BCUT2D eigenvalue weighted by atomic mass is 10.3. The third kappa shape index (κ3) is 4.02. The van der Waals surface area contributed by atoms with Gasteiger partial charge >= 0.3 is 22.3 Å². The number of carbonyl (C=O) groups is 2. The molecule has 0 saturated carbocycles. The lowest BCUT2D eigenvalue weighted by Gasteiger charge is -2.22. The van der Waals surface area contributed by atoms with Gasteiger partial charge < -0.3 is 14.9 Å². The largest absolute Gasteiger partial charge is 0.508 e. The number of carboxylic acids is 1. The highest BCUT2D eigenvalue weighted by Crippen LogP contribution is 2.20. The summed E-state index contributed by atoms with van der Waals surface area (Å²) < 4.78 is 30.0. The number of methoxy groups -OCH3 is 1. The monoisotopic (exact) mass is 304 g/mol. The van der Waals surface area contributed by atoms with Crippen LogP contribution in [0.25, 0.3) is 0 Å². The summed E-state index contributed by atoms with van der Waals surface area (Å²) in [6, 6.07) is 4.74. The predicted octanol–water partition coefficient (Wildman–Crippen LogP) is -0.116. The number of phenolic OH excluding ortho intramolecular Hbond substituents is 1. The summed E-state index contributed by atoms with van der Waals surface area (Å²) >= 11 is 0. The normalized spacial score (nSPS) is 10.7. The van der Waals surface area contributed by atoms with Crippen molar-refractivity contribution in [3.63, 3.8) is 0 Å². The zero-order chi connectivity index (χ0) is 15.3. The standard InChI is InChI=1S/C10H12N2O7S/c1-19-10(16)11-20(17,18)12(6-9(14)15)7-2-4-8(13)5-3-7/h2-5,13H,6H2,1H3,(H,11,16)(H,14,15). The molecule has 1 aromatic carbocycles. The number of anilines is 1. The van der Waals surface area contributed by atoms with Gasteiger partial charge in [0.05, 0.1) is 12.8 Å². The third-order valence-electron chi connectivity index (χ3n) is 2.10. The molecule has 110 valence electrons. The maximum atomic E-state index is 11.9. The maximum Gasteiger partial charge on any atom is 0.422 e. The number of benzene rings is 1. The first kappa shape index (κ1) is 15.6. The molecular weight excluding hydrogens is 292 g/mol. The Hall–Kier alpha value is -2.49. The van der Waals surface area contributed by atoms with Crippen LogP contribution < -0.4 is 9.03 Å². The van der Waals surface area contributed by atoms with Crippen molar-refractivity contribution in [2.24, 2.45) is 0 Å². The lowest BCUT2D eigenvalue weighted by Crippen LogP contribution is -2.45. The third-order valence-corrected chi connectivity index (χ3v) is 3.45. The predicted molar refractivity (Wildman–Crippen MR) is 67.5 cm³/mol. The van der Waals surface area contributed by atoms with Gasteiger partial charge in [0.25, 0.3) is 0 Å². The van der Waals surface area contributed by atoms with E-state index in [1.807, 2.05) is 0 Å². The fourth-order valence-corrected chi connectivity index (χ4v) is 2.34. The van der Waals surface area contributed by atoms with Gasteiger partial charge in [0, 0.05) is 0 Å². The number of carboxylic acid groups (broad SMARTS) is 1. The molecule has 1 rings (SSSR count). The van der Waals surface area contributed by atoms with Crippen LogP contribution in [0.2, 0.25) is 0 Å². The Morgan fingerprint density at radius 1 is 1.30 bits per heavy atom. The quantitative estimate of drug-likeness (QED) is 0.690. The molecule has 0 atom stereocenters. The summed E-state index contributed by atoms with van der Waals surface area (Å²) in [7, 11) is -3.48. The molecule has 0 heterocycles. The molecule has 0 saturated heterocycles. The van der Waals surface area contributed by atoms with Crippen LogP contribution in [0, 0.1) is 0 Å². The minimum Gasteiger partial charge on any atom is -0.508 e. The fraction of sp³-hybridized carbons (Fsp3) is 0.200. The van der Waals surface area contributed by atoms with Gasteiger partial charge in [-0.1, -0.05) is 0 Å². The highest BCUT2D eigenvalue weighted by atomic mass is 32.2. The van der Waals surface area contributed by atoms with Gasteiger partial charge in [-0.15, -0.1) is 0 Å². The minimum absolute atomic E-state index is 0.0402. The van der Waals surface area contributed by atoms with Gasteiger partial charge in [0.2, 0.25) is 0 Å². The Kier molecular flexibility index (Phi) is 4.75. The molecule has 10 heteroatoms. The highest BCUT2D eigenvalue weighted by Gasteiger charge is 2.27. The number of aromatic hydroxyl groups is 1. The first-order valence-electron chi connectivity index (χ1n) is 5.15. The summed E-state index contributed by atoms with van der Waals surface area (Å²) in [6.07, 6.45) is -1.25. The van der Waals surface area contributed by atoms with E-state index in [2.05, 4.69) is 4.74 Å². The molecule has 0 fully saturated rings. The van der Waals surface area contributed by atoms with Crippen LogP contribution in [0.4, 0.5) is 10.5 Å². The van der Waals surface area contributed by atoms with E-state index in [9.17, 15) is 18.0 Å². The fourth-order valence-electron chi connectivity index (χ4n) is 1.26. The molecule has 0 aliphatic carbocycles. The SMILES string of the molecule is COC(=O)NS(=O)(=O)N(CC(=O)O)c1ccc(O)cc1. The highest BCUT2D eigenvalue weighted by molar-refractivity contribution is 7.91. The average molecular weight is 304 g/mol. The molecule has 0 aliphatic rings. The lowest BCUT2D eigenvalue weighted by molar-refractivity contribution is -0.135. The van der Waals surface area contributed by atoms with Crippen LogP contribution in [-0.2, 0) is 19.7 Å². The smallest absolute Gasteiger partial charge is 0.422 e. The number of amides is 1. The topological polar surface area (TPSA) is 133 Å². The molecule has 1 aromatic rings. The summed E-state index contributed by atoms with van der Waals surface area (Å²) in [5, 5.41) is 17.9. The molecule has 0 aromatic heterocycles. The summed E-state index contributed by atoms with van der Waals surface area (Å²) in [6.45, 7) is -0.906. The minimum atomic E-state index is -4.45. The van der Waals surface area contributed by atoms with E-state index in [1.54, 1.807) is 0 Å². The van der Waals surface area contributed by atoms with Crippen molar-refractivity contribution in [2.75, 3.05) is 18.0 Å². The van der Waals surface area contributed by atoms with E-state index >= 15 is 0 Å². The van der Waals surface area contributed by atoms with E-state index in [1.165, 1.54) is 29.0 Å². The Bertz CT molecular complexity index is 597. The molecule has 0 aliphatic heterocycles. The van der Waals surface area contributed by atoms with E-state index < -0.39 is 28.8 Å². The number of phenols is 1. The Labute approximate surface area is 114 Å². The number of rotatable bonds is 5. The summed E-state index contributed by atoms with van der Waals surface area (Å²) in [5.41, 5.74) is -0.0402. The van der Waals surface area contributed by atoms with Crippen LogP contribution in [0.3, 0.4) is 0 Å². The van der Waals surface area contributed by atoms with E-state index in [4.69, 9.17) is 10.2 Å². The molecular formula is C10H12N2O7S. The molecule has 0 spiro atoms. The van der Waals surface area contributed by atoms with Crippen molar-refractivity contribution in [1.82, 2.24) is 4.72 Å².